The fraction of sp³-hybridized carbons (Fsp3) is 0.850. The predicted octanol–water partition coefficient (Wildman–Crippen LogP) is 4.65. The van der Waals surface area contributed by atoms with E-state index in [1.165, 1.54) is 19.3 Å². The van der Waals surface area contributed by atoms with Gasteiger partial charge in [0, 0.05) is 6.42 Å². The summed E-state index contributed by atoms with van der Waals surface area (Å²) < 4.78 is 0. The van der Waals surface area contributed by atoms with E-state index >= 15 is 0 Å². The van der Waals surface area contributed by atoms with Crippen molar-refractivity contribution in [3.63, 3.8) is 0 Å². The molecular formula is C20H34O3. The first-order valence-corrected chi connectivity index (χ1v) is 9.16. The molecule has 0 spiro atoms. The number of hydrogen-bond donors (Lipinski definition) is 2. The van der Waals surface area contributed by atoms with E-state index < -0.39 is 12.1 Å². The van der Waals surface area contributed by atoms with Crippen molar-refractivity contribution in [1.29, 1.82) is 0 Å². The highest BCUT2D eigenvalue weighted by molar-refractivity contribution is 5.66. The number of carboxylic acids is 1. The van der Waals surface area contributed by atoms with Crippen molar-refractivity contribution >= 4 is 5.97 Å². The SMILES string of the molecule is C=C1[C@H](O)C[C@H]2C(C)(C)CCC[C@]2(C)[C@H]1CC[C@H](C)CC(=O)O. The Bertz CT molecular complexity index is 468. The number of carbonyl (C=O) groups is 1. The van der Waals surface area contributed by atoms with Crippen molar-refractivity contribution in [1.82, 2.24) is 0 Å². The highest BCUT2D eigenvalue weighted by atomic mass is 16.4. The molecule has 2 aliphatic carbocycles. The molecule has 0 aromatic rings. The Hall–Kier alpha value is -0.830. The van der Waals surface area contributed by atoms with E-state index in [0.717, 1.165) is 24.8 Å². The lowest BCUT2D eigenvalue weighted by molar-refractivity contribution is -0.138. The quantitative estimate of drug-likeness (QED) is 0.725. The van der Waals surface area contributed by atoms with Gasteiger partial charge in [0.25, 0.3) is 0 Å². The van der Waals surface area contributed by atoms with Crippen LogP contribution in [0.1, 0.15) is 72.6 Å². The van der Waals surface area contributed by atoms with E-state index in [2.05, 4.69) is 27.4 Å². The second kappa shape index (κ2) is 6.58. The molecule has 3 heteroatoms. The molecule has 2 N–H and O–H groups in total. The van der Waals surface area contributed by atoms with E-state index in [1.54, 1.807) is 0 Å². The molecule has 3 nitrogen and oxygen atoms in total. The van der Waals surface area contributed by atoms with E-state index in [4.69, 9.17) is 5.11 Å². The Balaban J connectivity index is 2.17. The molecule has 132 valence electrons. The maximum atomic E-state index is 10.9. The number of hydrogen-bond acceptors (Lipinski definition) is 2. The molecule has 0 radical (unpaired) electrons. The van der Waals surface area contributed by atoms with E-state index in [-0.39, 0.29) is 23.2 Å². The molecule has 0 aromatic carbocycles. The van der Waals surface area contributed by atoms with Crippen molar-refractivity contribution < 1.29 is 15.0 Å². The van der Waals surface area contributed by atoms with E-state index in [9.17, 15) is 9.90 Å². The third-order valence-corrected chi connectivity index (χ3v) is 6.88. The summed E-state index contributed by atoms with van der Waals surface area (Å²) in [4.78, 5) is 10.9. The Morgan fingerprint density at radius 1 is 1.35 bits per heavy atom. The normalized spacial score (nSPS) is 38.0. The molecule has 0 aromatic heterocycles. The van der Waals surface area contributed by atoms with Crippen LogP contribution in [0.2, 0.25) is 0 Å². The Kier molecular flexibility index (Phi) is 5.30. The van der Waals surface area contributed by atoms with Crippen LogP contribution in [0.4, 0.5) is 0 Å². The van der Waals surface area contributed by atoms with Crippen molar-refractivity contribution in [2.24, 2.45) is 28.6 Å². The first-order chi connectivity index (χ1) is 10.6. The highest BCUT2D eigenvalue weighted by Gasteiger charge is 2.54. The predicted molar refractivity (Wildman–Crippen MR) is 93.1 cm³/mol. The van der Waals surface area contributed by atoms with Gasteiger partial charge in [-0.3, -0.25) is 4.79 Å². The lowest BCUT2D eigenvalue weighted by Crippen LogP contribution is -2.52. The number of rotatable bonds is 5. The molecule has 0 bridgehead atoms. The van der Waals surface area contributed by atoms with Gasteiger partial charge in [0.05, 0.1) is 6.10 Å². The smallest absolute Gasteiger partial charge is 0.303 e. The summed E-state index contributed by atoms with van der Waals surface area (Å²) in [5.74, 6) is 0.289. The number of aliphatic carboxylic acids is 1. The molecule has 2 saturated carbocycles. The molecule has 0 amide bonds. The molecule has 2 rings (SSSR count). The maximum Gasteiger partial charge on any atom is 0.303 e. The molecule has 5 atom stereocenters. The van der Waals surface area contributed by atoms with Crippen LogP contribution in [-0.2, 0) is 4.79 Å². The first-order valence-electron chi connectivity index (χ1n) is 9.16. The second-order valence-corrected chi connectivity index (χ2v) is 9.06. The monoisotopic (exact) mass is 322 g/mol. The largest absolute Gasteiger partial charge is 0.481 e. The van der Waals surface area contributed by atoms with Crippen LogP contribution in [0.15, 0.2) is 12.2 Å². The molecule has 2 aliphatic rings. The van der Waals surface area contributed by atoms with Gasteiger partial charge in [-0.05, 0) is 66.3 Å². The Labute approximate surface area is 141 Å². The van der Waals surface area contributed by atoms with Gasteiger partial charge in [-0.1, -0.05) is 40.7 Å². The summed E-state index contributed by atoms with van der Waals surface area (Å²) in [6.07, 6.45) is 6.19. The first kappa shape index (κ1) is 18.5. The number of fused-ring (bicyclic) bond motifs is 1. The third-order valence-electron chi connectivity index (χ3n) is 6.88. The summed E-state index contributed by atoms with van der Waals surface area (Å²) in [6, 6.07) is 0. The average Bonchev–Trinajstić information content (AvgIpc) is 2.40. The van der Waals surface area contributed by atoms with Crippen molar-refractivity contribution in [3.05, 3.63) is 12.2 Å². The van der Waals surface area contributed by atoms with Gasteiger partial charge in [-0.25, -0.2) is 0 Å². The van der Waals surface area contributed by atoms with Crippen molar-refractivity contribution in [2.45, 2.75) is 78.7 Å². The zero-order chi connectivity index (χ0) is 17.4. The van der Waals surface area contributed by atoms with Gasteiger partial charge in [-0.15, -0.1) is 0 Å². The van der Waals surface area contributed by atoms with Gasteiger partial charge in [0.15, 0.2) is 0 Å². The van der Waals surface area contributed by atoms with Crippen LogP contribution in [0.5, 0.6) is 0 Å². The molecule has 0 aliphatic heterocycles. The summed E-state index contributed by atoms with van der Waals surface area (Å²) in [6.45, 7) is 13.3. The fourth-order valence-electron chi connectivity index (χ4n) is 5.57. The van der Waals surface area contributed by atoms with Crippen LogP contribution >= 0.6 is 0 Å². The fourth-order valence-corrected chi connectivity index (χ4v) is 5.57. The Morgan fingerprint density at radius 3 is 2.61 bits per heavy atom. The van der Waals surface area contributed by atoms with Gasteiger partial charge in [0.2, 0.25) is 0 Å². The van der Waals surface area contributed by atoms with E-state index in [0.29, 0.717) is 11.8 Å². The van der Waals surface area contributed by atoms with Gasteiger partial charge in [-0.2, -0.15) is 0 Å². The lowest BCUT2D eigenvalue weighted by atomic mass is 9.46. The molecule has 2 fully saturated rings. The highest BCUT2D eigenvalue weighted by Crippen LogP contribution is 2.61. The second-order valence-electron chi connectivity index (χ2n) is 9.06. The number of aliphatic hydroxyl groups is 1. The molecular weight excluding hydrogens is 288 g/mol. The molecule has 23 heavy (non-hydrogen) atoms. The van der Waals surface area contributed by atoms with Crippen LogP contribution in [0.25, 0.3) is 0 Å². The average molecular weight is 322 g/mol. The van der Waals surface area contributed by atoms with E-state index in [1.807, 2.05) is 6.92 Å². The van der Waals surface area contributed by atoms with Crippen molar-refractivity contribution in [3.8, 4) is 0 Å². The molecule has 0 heterocycles. The van der Waals surface area contributed by atoms with Crippen LogP contribution < -0.4 is 0 Å². The lowest BCUT2D eigenvalue weighted by Gasteiger charge is -2.59. The zero-order valence-corrected chi connectivity index (χ0v) is 15.3. The summed E-state index contributed by atoms with van der Waals surface area (Å²) in [5.41, 5.74) is 1.45. The summed E-state index contributed by atoms with van der Waals surface area (Å²) >= 11 is 0. The van der Waals surface area contributed by atoms with Gasteiger partial charge < -0.3 is 10.2 Å². The minimum atomic E-state index is -0.720. The van der Waals surface area contributed by atoms with Crippen LogP contribution in [-0.4, -0.2) is 22.3 Å². The Morgan fingerprint density at radius 2 is 2.00 bits per heavy atom. The summed E-state index contributed by atoms with van der Waals surface area (Å²) in [5, 5.41) is 19.5. The standard InChI is InChI=1S/C20H34O3/c1-13(11-18(22)23)7-8-15-14(2)16(21)12-17-19(3,4)9-6-10-20(15,17)5/h13,15-17,21H,2,6-12H2,1,3-5H3,(H,22,23)/t13-,15-,16+,17-,20+/m0/s1. The van der Waals surface area contributed by atoms with Gasteiger partial charge in [0.1, 0.15) is 0 Å². The van der Waals surface area contributed by atoms with Crippen LogP contribution in [0, 0.1) is 28.6 Å². The zero-order valence-electron chi connectivity index (χ0n) is 15.3. The summed E-state index contributed by atoms with van der Waals surface area (Å²) in [7, 11) is 0. The number of carboxylic acid groups (broad SMARTS) is 1. The minimum Gasteiger partial charge on any atom is -0.481 e. The topological polar surface area (TPSA) is 57.5 Å². The van der Waals surface area contributed by atoms with Crippen LogP contribution in [0.3, 0.4) is 0 Å². The minimum absolute atomic E-state index is 0.179. The molecule has 0 saturated heterocycles. The third kappa shape index (κ3) is 3.65. The molecule has 0 unspecified atom stereocenters. The maximum absolute atomic E-state index is 10.9. The number of aliphatic hydroxyl groups excluding tert-OH is 1. The van der Waals surface area contributed by atoms with Gasteiger partial charge >= 0.3 is 5.97 Å². The van der Waals surface area contributed by atoms with Crippen molar-refractivity contribution in [2.75, 3.05) is 0 Å².